The maximum atomic E-state index is 13.9. The van der Waals surface area contributed by atoms with E-state index in [1.807, 2.05) is 28.7 Å². The van der Waals surface area contributed by atoms with Crippen molar-refractivity contribution in [2.45, 2.75) is 38.6 Å². The highest BCUT2D eigenvalue weighted by molar-refractivity contribution is 14.1. The summed E-state index contributed by atoms with van der Waals surface area (Å²) in [5.74, 6) is 2.11. The normalized spacial score (nSPS) is 22.8. The summed E-state index contributed by atoms with van der Waals surface area (Å²) in [7, 11) is 0. The molecule has 1 heterocycles. The fourth-order valence-electron chi connectivity index (χ4n) is 3.22. The monoisotopic (exact) mass is 406 g/mol. The molecule has 1 aliphatic carbocycles. The number of rotatable bonds is 3. The average Bonchev–Trinajstić information content (AvgIpc) is 2.94. The lowest BCUT2D eigenvalue weighted by molar-refractivity contribution is 0.489. The molecule has 1 fully saturated rings. The summed E-state index contributed by atoms with van der Waals surface area (Å²) in [5, 5.41) is 0. The molecule has 2 atom stereocenters. The Morgan fingerprint density at radius 1 is 1.45 bits per heavy atom. The molecule has 2 aromatic rings. The van der Waals surface area contributed by atoms with Crippen LogP contribution >= 0.6 is 34.2 Å². The molecule has 1 aromatic heterocycles. The number of aryl methyl sites for hydroxylation is 1. The fourth-order valence-corrected chi connectivity index (χ4v) is 3.84. The highest BCUT2D eigenvalue weighted by Gasteiger charge is 2.26. The quantitative estimate of drug-likeness (QED) is 0.522. The van der Waals surface area contributed by atoms with Crippen molar-refractivity contribution in [1.82, 2.24) is 9.55 Å². The number of aromatic nitrogens is 2. The van der Waals surface area contributed by atoms with Gasteiger partial charge >= 0.3 is 0 Å². The zero-order valence-corrected chi connectivity index (χ0v) is 14.3. The van der Waals surface area contributed by atoms with E-state index in [0.717, 1.165) is 42.0 Å². The van der Waals surface area contributed by atoms with Crippen molar-refractivity contribution >= 4 is 45.2 Å². The second-order valence-corrected chi connectivity index (χ2v) is 7.20. The van der Waals surface area contributed by atoms with Crippen molar-refractivity contribution in [1.29, 1.82) is 0 Å². The molecule has 0 N–H and O–H groups in total. The highest BCUT2D eigenvalue weighted by Crippen LogP contribution is 2.37. The summed E-state index contributed by atoms with van der Waals surface area (Å²) in [6.07, 6.45) is 4.26. The van der Waals surface area contributed by atoms with Crippen molar-refractivity contribution in [2.75, 3.05) is 5.88 Å². The number of fused-ring (bicyclic) bond motifs is 1. The smallest absolute Gasteiger partial charge is 0.138 e. The standard InChI is InChI=1S/C15H17ClFIN2/c1-9-2-3-10(6-9)20-14-7-11(17)12(18)8-13(14)19-15(20)4-5-16/h7-10H,2-6H2,1H3. The molecule has 0 spiro atoms. The third kappa shape index (κ3) is 2.56. The lowest BCUT2D eigenvalue weighted by Gasteiger charge is -2.16. The van der Waals surface area contributed by atoms with Gasteiger partial charge in [0.1, 0.15) is 11.6 Å². The molecule has 108 valence electrons. The van der Waals surface area contributed by atoms with Crippen LogP contribution in [0.4, 0.5) is 4.39 Å². The minimum atomic E-state index is -0.164. The maximum Gasteiger partial charge on any atom is 0.138 e. The third-order valence-electron chi connectivity index (χ3n) is 4.15. The summed E-state index contributed by atoms with van der Waals surface area (Å²) in [5.41, 5.74) is 1.80. The summed E-state index contributed by atoms with van der Waals surface area (Å²) in [6.45, 7) is 2.28. The zero-order chi connectivity index (χ0) is 14.3. The maximum absolute atomic E-state index is 13.9. The molecule has 1 aromatic carbocycles. The minimum Gasteiger partial charge on any atom is -0.325 e. The predicted octanol–water partition coefficient (Wildman–Crippen LogP) is 4.92. The van der Waals surface area contributed by atoms with E-state index in [9.17, 15) is 4.39 Å². The average molecular weight is 407 g/mol. The Balaban J connectivity index is 2.15. The van der Waals surface area contributed by atoms with E-state index >= 15 is 0 Å². The minimum absolute atomic E-state index is 0.164. The Bertz CT molecular complexity index is 640. The molecule has 0 radical (unpaired) electrons. The van der Waals surface area contributed by atoms with Gasteiger partial charge in [-0.1, -0.05) is 6.92 Å². The van der Waals surface area contributed by atoms with Crippen LogP contribution in [-0.4, -0.2) is 15.4 Å². The van der Waals surface area contributed by atoms with Gasteiger partial charge in [0.25, 0.3) is 0 Å². The van der Waals surface area contributed by atoms with Crippen molar-refractivity contribution in [3.8, 4) is 0 Å². The first-order chi connectivity index (χ1) is 9.60. The lowest BCUT2D eigenvalue weighted by Crippen LogP contribution is -2.10. The number of hydrogen-bond acceptors (Lipinski definition) is 1. The van der Waals surface area contributed by atoms with E-state index < -0.39 is 0 Å². The van der Waals surface area contributed by atoms with Gasteiger partial charge in [-0.05, 0) is 53.8 Å². The Kier molecular flexibility index (Phi) is 4.22. The van der Waals surface area contributed by atoms with E-state index in [1.54, 1.807) is 6.07 Å². The van der Waals surface area contributed by atoms with Crippen LogP contribution in [0, 0.1) is 15.3 Å². The van der Waals surface area contributed by atoms with Gasteiger partial charge in [0, 0.05) is 24.4 Å². The number of nitrogens with zero attached hydrogens (tertiary/aromatic N) is 2. The zero-order valence-electron chi connectivity index (χ0n) is 11.4. The molecule has 0 aliphatic heterocycles. The molecule has 5 heteroatoms. The van der Waals surface area contributed by atoms with Gasteiger partial charge in [0.2, 0.25) is 0 Å². The summed E-state index contributed by atoms with van der Waals surface area (Å²) < 4.78 is 16.8. The van der Waals surface area contributed by atoms with Crippen LogP contribution in [0.25, 0.3) is 11.0 Å². The summed E-state index contributed by atoms with van der Waals surface area (Å²) >= 11 is 7.92. The fraction of sp³-hybridized carbons (Fsp3) is 0.533. The van der Waals surface area contributed by atoms with Crippen molar-refractivity contribution in [3.63, 3.8) is 0 Å². The predicted molar refractivity (Wildman–Crippen MR) is 88.9 cm³/mol. The molecule has 0 saturated heterocycles. The van der Waals surface area contributed by atoms with Crippen LogP contribution in [0.15, 0.2) is 12.1 Å². The van der Waals surface area contributed by atoms with E-state index in [0.29, 0.717) is 15.5 Å². The first kappa shape index (κ1) is 14.6. The Labute approximate surface area is 136 Å². The van der Waals surface area contributed by atoms with Gasteiger partial charge in [0.15, 0.2) is 0 Å². The first-order valence-corrected chi connectivity index (χ1v) is 8.63. The van der Waals surface area contributed by atoms with E-state index in [-0.39, 0.29) is 5.82 Å². The van der Waals surface area contributed by atoms with Crippen molar-refractivity contribution < 1.29 is 4.39 Å². The van der Waals surface area contributed by atoms with Gasteiger partial charge < -0.3 is 4.57 Å². The molecule has 1 aliphatic rings. The number of benzene rings is 1. The highest BCUT2D eigenvalue weighted by atomic mass is 127. The molecule has 20 heavy (non-hydrogen) atoms. The molecule has 1 saturated carbocycles. The van der Waals surface area contributed by atoms with Crippen molar-refractivity contribution in [3.05, 3.63) is 27.3 Å². The molecule has 2 unspecified atom stereocenters. The van der Waals surface area contributed by atoms with Gasteiger partial charge in [-0.2, -0.15) is 0 Å². The summed E-state index contributed by atoms with van der Waals surface area (Å²) in [6, 6.07) is 3.90. The van der Waals surface area contributed by atoms with Crippen LogP contribution in [0.5, 0.6) is 0 Å². The molecular formula is C15H17ClFIN2. The molecular weight excluding hydrogens is 390 g/mol. The van der Waals surface area contributed by atoms with E-state index in [1.165, 1.54) is 6.42 Å². The van der Waals surface area contributed by atoms with Crippen LogP contribution < -0.4 is 0 Å². The molecule has 0 amide bonds. The lowest BCUT2D eigenvalue weighted by atomic mass is 10.1. The number of alkyl halides is 1. The van der Waals surface area contributed by atoms with Crippen LogP contribution in [0.1, 0.15) is 38.1 Å². The Morgan fingerprint density at radius 2 is 2.25 bits per heavy atom. The third-order valence-corrected chi connectivity index (χ3v) is 5.17. The van der Waals surface area contributed by atoms with E-state index in [4.69, 9.17) is 11.6 Å². The molecule has 2 nitrogen and oxygen atoms in total. The first-order valence-electron chi connectivity index (χ1n) is 7.02. The Morgan fingerprint density at radius 3 is 2.90 bits per heavy atom. The Hall–Kier alpha value is -0.360. The number of halogens is 3. The summed E-state index contributed by atoms with van der Waals surface area (Å²) in [4.78, 5) is 4.68. The number of imidazole rings is 1. The largest absolute Gasteiger partial charge is 0.325 e. The molecule has 3 rings (SSSR count). The van der Waals surface area contributed by atoms with Gasteiger partial charge in [-0.15, -0.1) is 11.6 Å². The van der Waals surface area contributed by atoms with Crippen LogP contribution in [0.2, 0.25) is 0 Å². The van der Waals surface area contributed by atoms with Crippen LogP contribution in [0.3, 0.4) is 0 Å². The SMILES string of the molecule is CC1CCC(n2c(CCCl)nc3cc(I)c(F)cc32)C1. The van der Waals surface area contributed by atoms with Crippen molar-refractivity contribution in [2.24, 2.45) is 5.92 Å². The second kappa shape index (κ2) is 5.79. The van der Waals surface area contributed by atoms with Crippen LogP contribution in [-0.2, 0) is 6.42 Å². The van der Waals surface area contributed by atoms with E-state index in [2.05, 4.69) is 16.5 Å². The number of hydrogen-bond donors (Lipinski definition) is 0. The van der Waals surface area contributed by atoms with Gasteiger partial charge in [-0.25, -0.2) is 9.37 Å². The van der Waals surface area contributed by atoms with Gasteiger partial charge in [0.05, 0.1) is 14.6 Å². The van der Waals surface area contributed by atoms with Gasteiger partial charge in [-0.3, -0.25) is 0 Å². The molecule has 0 bridgehead atoms. The second-order valence-electron chi connectivity index (χ2n) is 5.66. The topological polar surface area (TPSA) is 17.8 Å².